The average Bonchev–Trinajstić information content (AvgIpc) is 2.19. The van der Waals surface area contributed by atoms with Crippen molar-refractivity contribution in [1.82, 2.24) is 0 Å². The second-order valence-corrected chi connectivity index (χ2v) is 4.66. The van der Waals surface area contributed by atoms with Gasteiger partial charge in [-0.25, -0.2) is 0 Å². The van der Waals surface area contributed by atoms with Crippen molar-refractivity contribution in [2.45, 2.75) is 24.7 Å². The van der Waals surface area contributed by atoms with Crippen LogP contribution >= 0.6 is 0 Å². The molecule has 0 atom stereocenters. The minimum absolute atomic E-state index is 0.282. The van der Waals surface area contributed by atoms with Crippen LogP contribution in [-0.2, 0) is 20.7 Å². The predicted octanol–water partition coefficient (Wildman–Crippen LogP) is 1.97. The Balaban J connectivity index is 3.20. The fourth-order valence-corrected chi connectivity index (χ4v) is 2.23. The Hall–Kier alpha value is -0.870. The Kier molecular flexibility index (Phi) is 3.66. The number of aryl methyl sites for hydroxylation is 1. The van der Waals surface area contributed by atoms with E-state index in [4.69, 9.17) is 0 Å². The minimum atomic E-state index is -3.55. The van der Waals surface area contributed by atoms with Gasteiger partial charge >= 0.3 is 0 Å². The quantitative estimate of drug-likeness (QED) is 0.720. The second-order valence-electron chi connectivity index (χ2n) is 2.98. The van der Waals surface area contributed by atoms with Crippen molar-refractivity contribution in [3.63, 3.8) is 0 Å². The van der Waals surface area contributed by atoms with E-state index < -0.39 is 10.1 Å². The number of rotatable bonds is 4. The molecule has 0 amide bonds. The minimum Gasteiger partial charge on any atom is -0.270 e. The summed E-state index contributed by atoms with van der Waals surface area (Å²) in [6.07, 6.45) is 1.66. The molecule has 0 bridgehead atoms. The first kappa shape index (κ1) is 11.2. The van der Waals surface area contributed by atoms with E-state index in [0.29, 0.717) is 0 Å². The molecule has 1 rings (SSSR count). The molecule has 3 nitrogen and oxygen atoms in total. The maximum atomic E-state index is 11.5. The van der Waals surface area contributed by atoms with Crippen LogP contribution in [0.25, 0.3) is 0 Å². The van der Waals surface area contributed by atoms with E-state index in [9.17, 15) is 8.42 Å². The lowest BCUT2D eigenvalue weighted by Crippen LogP contribution is -2.06. The van der Waals surface area contributed by atoms with E-state index in [1.807, 2.05) is 19.1 Å². The summed E-state index contributed by atoms with van der Waals surface area (Å²) in [4.78, 5) is 0.282. The third-order valence-corrected chi connectivity index (χ3v) is 3.36. The highest BCUT2D eigenvalue weighted by Crippen LogP contribution is 2.18. The molecule has 14 heavy (non-hydrogen) atoms. The first-order valence-electron chi connectivity index (χ1n) is 4.50. The summed E-state index contributed by atoms with van der Waals surface area (Å²) < 4.78 is 27.4. The van der Waals surface area contributed by atoms with Crippen LogP contribution in [0, 0.1) is 0 Å². The van der Waals surface area contributed by atoms with Gasteiger partial charge in [0.1, 0.15) is 0 Å². The highest BCUT2D eigenvalue weighted by atomic mass is 32.2. The van der Waals surface area contributed by atoms with Crippen molar-refractivity contribution in [3.8, 4) is 0 Å². The molecule has 0 saturated carbocycles. The molecule has 0 unspecified atom stereocenters. The fourth-order valence-electron chi connectivity index (χ4n) is 1.31. The normalized spacial score (nSPS) is 11.6. The van der Waals surface area contributed by atoms with Crippen LogP contribution in [-0.4, -0.2) is 15.5 Å². The molecular formula is C10H14O3S. The molecule has 0 aliphatic heterocycles. The Morgan fingerprint density at radius 2 is 1.93 bits per heavy atom. The summed E-state index contributed by atoms with van der Waals surface area (Å²) in [5.41, 5.74) is 0.817. The second kappa shape index (κ2) is 4.57. The third kappa shape index (κ3) is 2.33. The third-order valence-electron chi connectivity index (χ3n) is 1.98. The summed E-state index contributed by atoms with van der Waals surface area (Å²) in [7, 11) is -2.37. The highest BCUT2D eigenvalue weighted by molar-refractivity contribution is 7.86. The van der Waals surface area contributed by atoms with E-state index in [-0.39, 0.29) is 4.90 Å². The topological polar surface area (TPSA) is 43.4 Å². The Morgan fingerprint density at radius 3 is 2.50 bits per heavy atom. The Bertz CT molecular complexity index is 396. The molecule has 0 fully saturated rings. The maximum absolute atomic E-state index is 11.5. The molecule has 0 aromatic heterocycles. The van der Waals surface area contributed by atoms with E-state index in [1.165, 1.54) is 7.11 Å². The molecule has 0 heterocycles. The fraction of sp³-hybridized carbons (Fsp3) is 0.400. The molecule has 1 aromatic carbocycles. The van der Waals surface area contributed by atoms with Crippen molar-refractivity contribution in [2.24, 2.45) is 0 Å². The first-order chi connectivity index (χ1) is 6.61. The molecule has 1 aromatic rings. The van der Waals surface area contributed by atoms with Crippen molar-refractivity contribution in [3.05, 3.63) is 29.8 Å². The van der Waals surface area contributed by atoms with Crippen LogP contribution in [0.5, 0.6) is 0 Å². The first-order valence-corrected chi connectivity index (χ1v) is 5.91. The van der Waals surface area contributed by atoms with Crippen molar-refractivity contribution in [1.29, 1.82) is 0 Å². The van der Waals surface area contributed by atoms with Gasteiger partial charge in [-0.15, -0.1) is 0 Å². The molecule has 0 N–H and O–H groups in total. The average molecular weight is 214 g/mol. The maximum Gasteiger partial charge on any atom is 0.296 e. The molecule has 4 heteroatoms. The van der Waals surface area contributed by atoms with Crippen LogP contribution in [0.4, 0.5) is 0 Å². The van der Waals surface area contributed by atoms with E-state index in [0.717, 1.165) is 18.4 Å². The summed E-state index contributed by atoms with van der Waals surface area (Å²) in [5.74, 6) is 0. The smallest absolute Gasteiger partial charge is 0.270 e. The molecule has 0 spiro atoms. The lowest BCUT2D eigenvalue weighted by atomic mass is 10.1. The van der Waals surface area contributed by atoms with Gasteiger partial charge < -0.3 is 0 Å². The van der Waals surface area contributed by atoms with Gasteiger partial charge in [0.15, 0.2) is 0 Å². The number of hydrogen-bond donors (Lipinski definition) is 0. The van der Waals surface area contributed by atoms with Gasteiger partial charge in [-0.05, 0) is 18.1 Å². The zero-order valence-electron chi connectivity index (χ0n) is 8.36. The predicted molar refractivity (Wildman–Crippen MR) is 54.6 cm³/mol. The molecule has 78 valence electrons. The van der Waals surface area contributed by atoms with Crippen LogP contribution < -0.4 is 0 Å². The molecule has 0 saturated heterocycles. The summed E-state index contributed by atoms with van der Waals surface area (Å²) in [6, 6.07) is 6.92. The van der Waals surface area contributed by atoms with Gasteiger partial charge in [0.05, 0.1) is 12.0 Å². The zero-order chi connectivity index (χ0) is 10.6. The Labute approximate surface area is 84.8 Å². The van der Waals surface area contributed by atoms with Crippen molar-refractivity contribution in [2.75, 3.05) is 7.11 Å². The van der Waals surface area contributed by atoms with Crippen molar-refractivity contribution >= 4 is 10.1 Å². The largest absolute Gasteiger partial charge is 0.296 e. The monoisotopic (exact) mass is 214 g/mol. The summed E-state index contributed by atoms with van der Waals surface area (Å²) in [5, 5.41) is 0. The number of hydrogen-bond acceptors (Lipinski definition) is 3. The van der Waals surface area contributed by atoms with Crippen LogP contribution in [0.1, 0.15) is 18.9 Å². The SMILES string of the molecule is CCCc1ccccc1S(=O)(=O)OC. The van der Waals surface area contributed by atoms with Crippen LogP contribution in [0.2, 0.25) is 0 Å². The lowest BCUT2D eigenvalue weighted by molar-refractivity contribution is 0.397. The van der Waals surface area contributed by atoms with Crippen LogP contribution in [0.3, 0.4) is 0 Å². The van der Waals surface area contributed by atoms with Crippen molar-refractivity contribution < 1.29 is 12.6 Å². The van der Waals surface area contributed by atoms with Gasteiger partial charge in [0, 0.05) is 0 Å². The lowest BCUT2D eigenvalue weighted by Gasteiger charge is -2.07. The standard InChI is InChI=1S/C10H14O3S/c1-3-6-9-7-4-5-8-10(9)14(11,12)13-2/h4-5,7-8H,3,6H2,1-2H3. The van der Waals surface area contributed by atoms with Gasteiger partial charge in [-0.1, -0.05) is 31.5 Å². The molecular weight excluding hydrogens is 200 g/mol. The van der Waals surface area contributed by atoms with Crippen LogP contribution in [0.15, 0.2) is 29.2 Å². The number of benzene rings is 1. The zero-order valence-corrected chi connectivity index (χ0v) is 9.17. The van der Waals surface area contributed by atoms with E-state index in [2.05, 4.69) is 4.18 Å². The van der Waals surface area contributed by atoms with Gasteiger partial charge in [0.2, 0.25) is 0 Å². The Morgan fingerprint density at radius 1 is 1.29 bits per heavy atom. The molecule has 0 aliphatic rings. The molecule has 0 aliphatic carbocycles. The van der Waals surface area contributed by atoms with E-state index >= 15 is 0 Å². The van der Waals surface area contributed by atoms with Gasteiger partial charge in [0.25, 0.3) is 10.1 Å². The van der Waals surface area contributed by atoms with E-state index in [1.54, 1.807) is 12.1 Å². The van der Waals surface area contributed by atoms with Gasteiger partial charge in [-0.2, -0.15) is 8.42 Å². The molecule has 0 radical (unpaired) electrons. The highest BCUT2D eigenvalue weighted by Gasteiger charge is 2.16. The van der Waals surface area contributed by atoms with Gasteiger partial charge in [-0.3, -0.25) is 4.18 Å². The summed E-state index contributed by atoms with van der Waals surface area (Å²) >= 11 is 0. The summed E-state index contributed by atoms with van der Waals surface area (Å²) in [6.45, 7) is 2.01.